The molecule has 1 aromatic carbocycles. The average molecular weight is 437 g/mol. The Kier molecular flexibility index (Phi) is 6.73. The minimum atomic E-state index is -4.98. The van der Waals surface area contributed by atoms with Crippen molar-refractivity contribution in [3.05, 3.63) is 36.0 Å². The van der Waals surface area contributed by atoms with Crippen molar-refractivity contribution in [3.63, 3.8) is 0 Å². The fourth-order valence-electron chi connectivity index (χ4n) is 2.45. The average Bonchev–Trinajstić information content (AvgIpc) is 2.58. The largest absolute Gasteiger partial charge is 0.488 e. The monoisotopic (exact) mass is 437 g/mol. The molecule has 2 aromatic rings. The molecule has 0 N–H and O–H groups in total. The Labute approximate surface area is 169 Å². The molecular formula is C19H21F6N3O2. The molecule has 0 atom stereocenters. The number of alkyl halides is 6. The summed E-state index contributed by atoms with van der Waals surface area (Å²) in [5, 5.41) is 0. The van der Waals surface area contributed by atoms with Crippen LogP contribution in [-0.4, -0.2) is 34.9 Å². The Morgan fingerprint density at radius 1 is 1.03 bits per heavy atom. The lowest BCUT2D eigenvalue weighted by atomic mass is 10.2. The second kappa shape index (κ2) is 8.57. The number of halogens is 6. The van der Waals surface area contributed by atoms with Crippen LogP contribution in [0.2, 0.25) is 0 Å². The topological polar surface area (TPSA) is 47.5 Å². The number of anilines is 2. The fraction of sp³-hybridized carbons (Fsp3) is 0.474. The Balaban J connectivity index is 2.44. The Morgan fingerprint density at radius 3 is 2.23 bits per heavy atom. The van der Waals surface area contributed by atoms with Gasteiger partial charge in [0.25, 0.3) is 0 Å². The summed E-state index contributed by atoms with van der Waals surface area (Å²) in [6.45, 7) is 5.55. The van der Waals surface area contributed by atoms with Crippen LogP contribution in [0.1, 0.15) is 33.3 Å². The highest BCUT2D eigenvalue weighted by molar-refractivity contribution is 5.60. The van der Waals surface area contributed by atoms with Gasteiger partial charge in [-0.25, -0.2) is 4.98 Å². The molecule has 0 fully saturated rings. The van der Waals surface area contributed by atoms with Gasteiger partial charge in [-0.1, -0.05) is 6.07 Å². The van der Waals surface area contributed by atoms with E-state index in [9.17, 15) is 26.3 Å². The van der Waals surface area contributed by atoms with E-state index in [4.69, 9.17) is 4.74 Å². The summed E-state index contributed by atoms with van der Waals surface area (Å²) in [6.07, 6.45) is -9.39. The first kappa shape index (κ1) is 23.6. The zero-order valence-electron chi connectivity index (χ0n) is 16.7. The predicted molar refractivity (Wildman–Crippen MR) is 98.1 cm³/mol. The van der Waals surface area contributed by atoms with Crippen LogP contribution >= 0.6 is 0 Å². The van der Waals surface area contributed by atoms with E-state index in [0.29, 0.717) is 17.6 Å². The van der Waals surface area contributed by atoms with Crippen molar-refractivity contribution in [1.29, 1.82) is 0 Å². The zero-order chi connectivity index (χ0) is 22.7. The van der Waals surface area contributed by atoms with Gasteiger partial charge in [-0.05, 0) is 39.8 Å². The Bertz CT molecular complexity index is 863. The summed E-state index contributed by atoms with van der Waals surface area (Å²) in [4.78, 5) is 8.75. The fourth-order valence-corrected chi connectivity index (χ4v) is 2.45. The van der Waals surface area contributed by atoms with Crippen LogP contribution < -0.4 is 14.4 Å². The SMILES string of the molecule is CCN(c1cccc(OC(C)(C)C)c1)c1ncc(C(F)(F)F)c(OCC(F)(F)F)n1. The molecule has 11 heteroatoms. The maximum atomic E-state index is 13.1. The van der Waals surface area contributed by atoms with E-state index in [-0.39, 0.29) is 12.5 Å². The highest BCUT2D eigenvalue weighted by Crippen LogP contribution is 2.37. The third-order valence-corrected chi connectivity index (χ3v) is 3.53. The van der Waals surface area contributed by atoms with Gasteiger partial charge in [0.05, 0.1) is 0 Å². The van der Waals surface area contributed by atoms with Crippen LogP contribution in [0.25, 0.3) is 0 Å². The standard InChI is InChI=1S/C19H21F6N3O2/c1-5-28(12-7-6-8-13(9-12)30-17(2,3)4)16-26-10-14(19(23,24)25)15(27-16)29-11-18(20,21)22/h6-10H,5,11H2,1-4H3. The third kappa shape index (κ3) is 6.67. The number of hydrogen-bond donors (Lipinski definition) is 0. The van der Waals surface area contributed by atoms with Crippen LogP contribution in [0.5, 0.6) is 11.6 Å². The van der Waals surface area contributed by atoms with Crippen LogP contribution in [0, 0.1) is 0 Å². The van der Waals surface area contributed by atoms with Crippen molar-refractivity contribution < 1.29 is 35.8 Å². The molecule has 0 amide bonds. The maximum Gasteiger partial charge on any atom is 0.423 e. The maximum absolute atomic E-state index is 13.1. The summed E-state index contributed by atoms with van der Waals surface area (Å²) >= 11 is 0. The van der Waals surface area contributed by atoms with Crippen molar-refractivity contribution in [2.45, 2.75) is 45.6 Å². The Hall–Kier alpha value is -2.72. The number of ether oxygens (including phenoxy) is 2. The normalized spacial score (nSPS) is 12.6. The second-order valence-electron chi connectivity index (χ2n) is 7.25. The minimum Gasteiger partial charge on any atom is -0.488 e. The van der Waals surface area contributed by atoms with E-state index in [2.05, 4.69) is 14.7 Å². The summed E-state index contributed by atoms with van der Waals surface area (Å²) < 4.78 is 86.9. The highest BCUT2D eigenvalue weighted by atomic mass is 19.4. The summed E-state index contributed by atoms with van der Waals surface area (Å²) in [7, 11) is 0. The van der Waals surface area contributed by atoms with Gasteiger partial charge in [0.1, 0.15) is 16.9 Å². The molecule has 0 aliphatic heterocycles. The summed E-state index contributed by atoms with van der Waals surface area (Å²) in [6, 6.07) is 6.65. The van der Waals surface area contributed by atoms with Gasteiger partial charge in [-0.3, -0.25) is 0 Å². The van der Waals surface area contributed by atoms with Crippen LogP contribution in [-0.2, 0) is 6.18 Å². The molecule has 1 aromatic heterocycles. The van der Waals surface area contributed by atoms with E-state index in [1.807, 2.05) is 20.8 Å². The van der Waals surface area contributed by atoms with Crippen molar-refractivity contribution in [3.8, 4) is 11.6 Å². The molecule has 0 aliphatic carbocycles. The van der Waals surface area contributed by atoms with Gasteiger partial charge in [0.2, 0.25) is 11.8 Å². The second-order valence-corrected chi connectivity index (χ2v) is 7.25. The lowest BCUT2D eigenvalue weighted by Gasteiger charge is -2.25. The van der Waals surface area contributed by atoms with Crippen molar-refractivity contribution in [2.24, 2.45) is 0 Å². The molecule has 0 bridgehead atoms. The predicted octanol–water partition coefficient (Wildman–Crippen LogP) is 5.77. The highest BCUT2D eigenvalue weighted by Gasteiger charge is 2.38. The first-order valence-corrected chi connectivity index (χ1v) is 8.90. The first-order chi connectivity index (χ1) is 13.7. The van der Waals surface area contributed by atoms with E-state index in [1.165, 1.54) is 4.90 Å². The number of rotatable bonds is 6. The van der Waals surface area contributed by atoms with Crippen LogP contribution in [0.3, 0.4) is 0 Å². The number of nitrogens with zero attached hydrogens (tertiary/aromatic N) is 3. The van der Waals surface area contributed by atoms with Gasteiger partial charge in [0, 0.05) is 24.5 Å². The zero-order valence-corrected chi connectivity index (χ0v) is 16.7. The molecule has 0 saturated carbocycles. The van der Waals surface area contributed by atoms with Crippen LogP contribution in [0.15, 0.2) is 30.5 Å². The minimum absolute atomic E-state index is 0.225. The molecule has 0 saturated heterocycles. The molecule has 5 nitrogen and oxygen atoms in total. The van der Waals surface area contributed by atoms with Crippen molar-refractivity contribution in [2.75, 3.05) is 18.1 Å². The van der Waals surface area contributed by atoms with Gasteiger partial charge in [-0.15, -0.1) is 0 Å². The van der Waals surface area contributed by atoms with Crippen LogP contribution in [0.4, 0.5) is 38.0 Å². The van der Waals surface area contributed by atoms with E-state index >= 15 is 0 Å². The molecule has 1 heterocycles. The number of benzene rings is 1. The van der Waals surface area contributed by atoms with Gasteiger partial charge < -0.3 is 14.4 Å². The molecule has 2 rings (SSSR count). The molecule has 166 valence electrons. The lowest BCUT2D eigenvalue weighted by molar-refractivity contribution is -0.159. The molecule has 0 radical (unpaired) electrons. The first-order valence-electron chi connectivity index (χ1n) is 8.90. The van der Waals surface area contributed by atoms with Gasteiger partial charge >= 0.3 is 12.4 Å². The van der Waals surface area contributed by atoms with E-state index < -0.39 is 36.0 Å². The number of aromatic nitrogens is 2. The van der Waals surface area contributed by atoms with Gasteiger partial charge in [0.15, 0.2) is 6.61 Å². The summed E-state index contributed by atoms with van der Waals surface area (Å²) in [5.41, 5.74) is -1.49. The molecule has 30 heavy (non-hydrogen) atoms. The van der Waals surface area contributed by atoms with Gasteiger partial charge in [-0.2, -0.15) is 31.3 Å². The van der Waals surface area contributed by atoms with Crippen molar-refractivity contribution in [1.82, 2.24) is 9.97 Å². The quantitative estimate of drug-likeness (QED) is 0.537. The van der Waals surface area contributed by atoms with E-state index in [0.717, 1.165) is 0 Å². The molecule has 0 aliphatic rings. The molecule has 0 spiro atoms. The Morgan fingerprint density at radius 2 is 1.70 bits per heavy atom. The van der Waals surface area contributed by atoms with E-state index in [1.54, 1.807) is 31.2 Å². The lowest BCUT2D eigenvalue weighted by Crippen LogP contribution is -2.24. The van der Waals surface area contributed by atoms with Crippen molar-refractivity contribution >= 4 is 11.6 Å². The summed E-state index contributed by atoms with van der Waals surface area (Å²) in [5.74, 6) is -0.931. The molecular weight excluding hydrogens is 416 g/mol. The third-order valence-electron chi connectivity index (χ3n) is 3.53. The smallest absolute Gasteiger partial charge is 0.423 e. The number of hydrogen-bond acceptors (Lipinski definition) is 5. The molecule has 0 unspecified atom stereocenters.